The highest BCUT2D eigenvalue weighted by atomic mass is 32.1. The number of aromatic nitrogens is 1. The fraction of sp³-hybridized carbons (Fsp3) is 0.250. The van der Waals surface area contributed by atoms with Crippen LogP contribution in [-0.2, 0) is 11.2 Å². The molecule has 0 radical (unpaired) electrons. The van der Waals surface area contributed by atoms with Gasteiger partial charge in [-0.1, -0.05) is 12.1 Å². The van der Waals surface area contributed by atoms with Crippen LogP contribution in [0.1, 0.15) is 32.8 Å². The Bertz CT molecular complexity index is 767. The molecule has 0 atom stereocenters. The lowest BCUT2D eigenvalue weighted by atomic mass is 10.1. The molecule has 0 saturated carbocycles. The van der Waals surface area contributed by atoms with Gasteiger partial charge in [-0.3, -0.25) is 19.3 Å². The molecule has 8 heteroatoms. The summed E-state index contributed by atoms with van der Waals surface area (Å²) in [5, 5.41) is 5.10. The number of thiazole rings is 1. The van der Waals surface area contributed by atoms with Gasteiger partial charge in [0.1, 0.15) is 0 Å². The zero-order chi connectivity index (χ0) is 17.1. The van der Waals surface area contributed by atoms with Gasteiger partial charge in [0.25, 0.3) is 11.8 Å². The smallest absolute Gasteiger partial charge is 0.261 e. The number of rotatable bonds is 6. The van der Waals surface area contributed by atoms with Gasteiger partial charge < -0.3 is 11.1 Å². The Morgan fingerprint density at radius 1 is 1.21 bits per heavy atom. The SMILES string of the molecule is Nc1nc(CCNC(=O)CCN2C(=O)c3ccccc3C2=O)cs1. The van der Waals surface area contributed by atoms with Gasteiger partial charge >= 0.3 is 0 Å². The van der Waals surface area contributed by atoms with Crippen molar-refractivity contribution >= 4 is 34.2 Å². The molecule has 0 aliphatic carbocycles. The van der Waals surface area contributed by atoms with Crippen LogP contribution in [0.4, 0.5) is 5.13 Å². The summed E-state index contributed by atoms with van der Waals surface area (Å²) < 4.78 is 0. The predicted octanol–water partition coefficient (Wildman–Crippen LogP) is 1.07. The molecule has 7 nitrogen and oxygen atoms in total. The average molecular weight is 344 g/mol. The number of nitrogen functional groups attached to an aromatic ring is 1. The van der Waals surface area contributed by atoms with Crippen molar-refractivity contribution in [3.8, 4) is 0 Å². The van der Waals surface area contributed by atoms with Crippen LogP contribution in [-0.4, -0.2) is 40.7 Å². The summed E-state index contributed by atoms with van der Waals surface area (Å²) in [7, 11) is 0. The lowest BCUT2D eigenvalue weighted by Gasteiger charge is -2.13. The number of nitrogens with zero attached hydrogens (tertiary/aromatic N) is 2. The van der Waals surface area contributed by atoms with E-state index in [9.17, 15) is 14.4 Å². The minimum Gasteiger partial charge on any atom is -0.375 e. The van der Waals surface area contributed by atoms with E-state index in [0.717, 1.165) is 10.6 Å². The Kier molecular flexibility index (Phi) is 4.57. The summed E-state index contributed by atoms with van der Waals surface area (Å²) in [5.74, 6) is -0.905. The molecule has 3 rings (SSSR count). The molecule has 1 aliphatic heterocycles. The van der Waals surface area contributed by atoms with E-state index in [1.807, 2.05) is 5.38 Å². The Balaban J connectivity index is 1.47. The normalized spacial score (nSPS) is 13.2. The number of nitrogens with one attached hydrogen (secondary N) is 1. The number of carbonyl (C=O) groups excluding carboxylic acids is 3. The molecule has 3 amide bonds. The van der Waals surface area contributed by atoms with Crippen LogP contribution in [0.5, 0.6) is 0 Å². The first kappa shape index (κ1) is 16.1. The molecule has 1 aliphatic rings. The number of hydrogen-bond donors (Lipinski definition) is 2. The van der Waals surface area contributed by atoms with Gasteiger partial charge in [-0.2, -0.15) is 0 Å². The van der Waals surface area contributed by atoms with E-state index >= 15 is 0 Å². The zero-order valence-electron chi connectivity index (χ0n) is 12.8. The third-order valence-electron chi connectivity index (χ3n) is 3.71. The van der Waals surface area contributed by atoms with Crippen molar-refractivity contribution in [1.29, 1.82) is 0 Å². The maximum absolute atomic E-state index is 12.2. The fourth-order valence-corrected chi connectivity index (χ4v) is 3.11. The van der Waals surface area contributed by atoms with Crippen LogP contribution < -0.4 is 11.1 Å². The lowest BCUT2D eigenvalue weighted by molar-refractivity contribution is -0.121. The second kappa shape index (κ2) is 6.79. The molecule has 0 saturated heterocycles. The Morgan fingerprint density at radius 3 is 2.46 bits per heavy atom. The zero-order valence-corrected chi connectivity index (χ0v) is 13.6. The van der Waals surface area contributed by atoms with Crippen LogP contribution in [0.2, 0.25) is 0 Å². The van der Waals surface area contributed by atoms with E-state index in [1.165, 1.54) is 11.3 Å². The van der Waals surface area contributed by atoms with Crippen molar-refractivity contribution in [2.75, 3.05) is 18.8 Å². The second-order valence-electron chi connectivity index (χ2n) is 5.33. The minimum atomic E-state index is -0.346. The highest BCUT2D eigenvalue weighted by molar-refractivity contribution is 7.13. The summed E-state index contributed by atoms with van der Waals surface area (Å²) in [5.41, 5.74) is 7.16. The van der Waals surface area contributed by atoms with Gasteiger partial charge in [0.2, 0.25) is 5.91 Å². The number of fused-ring (bicyclic) bond motifs is 1. The van der Waals surface area contributed by atoms with Crippen molar-refractivity contribution in [2.45, 2.75) is 12.8 Å². The maximum Gasteiger partial charge on any atom is 0.261 e. The molecule has 1 aromatic heterocycles. The number of nitrogens with two attached hydrogens (primary N) is 1. The molecule has 0 bridgehead atoms. The van der Waals surface area contributed by atoms with Gasteiger partial charge in [0.05, 0.1) is 16.8 Å². The van der Waals surface area contributed by atoms with Crippen molar-refractivity contribution < 1.29 is 14.4 Å². The average Bonchev–Trinajstić information content (AvgIpc) is 3.09. The van der Waals surface area contributed by atoms with Gasteiger partial charge in [-0.25, -0.2) is 4.98 Å². The first-order valence-corrected chi connectivity index (χ1v) is 8.36. The Labute approximate surface area is 142 Å². The van der Waals surface area contributed by atoms with Crippen LogP contribution in [0.25, 0.3) is 0 Å². The van der Waals surface area contributed by atoms with Crippen molar-refractivity contribution in [3.05, 3.63) is 46.5 Å². The predicted molar refractivity (Wildman–Crippen MR) is 89.7 cm³/mol. The van der Waals surface area contributed by atoms with E-state index in [-0.39, 0.29) is 30.7 Å². The standard InChI is InChI=1S/C16H16N4O3S/c17-16-19-10(9-24-16)5-7-18-13(21)6-8-20-14(22)11-3-1-2-4-12(11)15(20)23/h1-4,9H,5-8H2,(H2,17,19)(H,18,21). The summed E-state index contributed by atoms with van der Waals surface area (Å²) >= 11 is 1.36. The second-order valence-corrected chi connectivity index (χ2v) is 6.22. The van der Waals surface area contributed by atoms with Crippen LogP contribution in [0.15, 0.2) is 29.6 Å². The molecule has 2 heterocycles. The summed E-state index contributed by atoms with van der Waals surface area (Å²) in [6.07, 6.45) is 0.664. The first-order chi connectivity index (χ1) is 11.6. The van der Waals surface area contributed by atoms with Crippen molar-refractivity contribution in [1.82, 2.24) is 15.2 Å². The summed E-state index contributed by atoms with van der Waals surface area (Å²) in [4.78, 5) is 41.5. The number of benzene rings is 1. The molecule has 124 valence electrons. The lowest BCUT2D eigenvalue weighted by Crippen LogP contribution is -2.35. The van der Waals surface area contributed by atoms with Crippen LogP contribution in [0, 0.1) is 0 Å². The van der Waals surface area contributed by atoms with E-state index in [2.05, 4.69) is 10.3 Å². The summed E-state index contributed by atoms with van der Waals surface area (Å²) in [6, 6.07) is 6.67. The Morgan fingerprint density at radius 2 is 1.88 bits per heavy atom. The number of amides is 3. The van der Waals surface area contributed by atoms with Crippen LogP contribution in [0.3, 0.4) is 0 Å². The number of carbonyl (C=O) groups is 3. The van der Waals surface area contributed by atoms with Gasteiger partial charge in [-0.05, 0) is 12.1 Å². The van der Waals surface area contributed by atoms with Crippen molar-refractivity contribution in [3.63, 3.8) is 0 Å². The van der Waals surface area contributed by atoms with Gasteiger partial charge in [0.15, 0.2) is 5.13 Å². The highest BCUT2D eigenvalue weighted by Crippen LogP contribution is 2.22. The molecular formula is C16H16N4O3S. The van der Waals surface area contributed by atoms with E-state index in [1.54, 1.807) is 24.3 Å². The monoisotopic (exact) mass is 344 g/mol. The topological polar surface area (TPSA) is 105 Å². The van der Waals surface area contributed by atoms with E-state index < -0.39 is 0 Å². The van der Waals surface area contributed by atoms with Gasteiger partial charge in [0, 0.05) is 31.3 Å². The highest BCUT2D eigenvalue weighted by Gasteiger charge is 2.34. The van der Waals surface area contributed by atoms with Crippen LogP contribution >= 0.6 is 11.3 Å². The van der Waals surface area contributed by atoms with E-state index in [0.29, 0.717) is 29.2 Å². The molecule has 2 aromatic rings. The third-order valence-corrected chi connectivity index (χ3v) is 4.44. The van der Waals surface area contributed by atoms with Crippen molar-refractivity contribution in [2.24, 2.45) is 0 Å². The quantitative estimate of drug-likeness (QED) is 0.763. The molecule has 0 spiro atoms. The largest absolute Gasteiger partial charge is 0.375 e. The Hall–Kier alpha value is -2.74. The molecule has 24 heavy (non-hydrogen) atoms. The maximum atomic E-state index is 12.2. The van der Waals surface area contributed by atoms with E-state index in [4.69, 9.17) is 5.73 Å². The molecule has 0 fully saturated rings. The molecule has 1 aromatic carbocycles. The number of anilines is 1. The third kappa shape index (κ3) is 3.28. The molecular weight excluding hydrogens is 328 g/mol. The number of hydrogen-bond acceptors (Lipinski definition) is 6. The summed E-state index contributed by atoms with van der Waals surface area (Å²) in [6.45, 7) is 0.506. The number of imide groups is 1. The fourth-order valence-electron chi connectivity index (χ4n) is 2.51. The molecule has 0 unspecified atom stereocenters. The van der Waals surface area contributed by atoms with Gasteiger partial charge in [-0.15, -0.1) is 11.3 Å². The first-order valence-electron chi connectivity index (χ1n) is 7.48. The minimum absolute atomic E-state index is 0.0713. The molecule has 3 N–H and O–H groups in total.